The van der Waals surface area contributed by atoms with Gasteiger partial charge in [-0.3, -0.25) is 0 Å². The van der Waals surface area contributed by atoms with Crippen molar-refractivity contribution in [3.05, 3.63) is 29.3 Å². The lowest BCUT2D eigenvalue weighted by Crippen LogP contribution is -2.28. The SMILES string of the molecule is COCCN(C)c1cccc2c1CCNC2. The molecule has 1 aromatic rings. The monoisotopic (exact) mass is 220 g/mol. The second-order valence-electron chi connectivity index (χ2n) is 4.26. The van der Waals surface area contributed by atoms with Crippen molar-refractivity contribution in [3.8, 4) is 0 Å². The van der Waals surface area contributed by atoms with E-state index in [2.05, 4.69) is 35.5 Å². The highest BCUT2D eigenvalue weighted by atomic mass is 16.5. The zero-order valence-corrected chi connectivity index (χ0v) is 10.1. The van der Waals surface area contributed by atoms with E-state index in [1.54, 1.807) is 7.11 Å². The van der Waals surface area contributed by atoms with E-state index in [0.717, 1.165) is 32.7 Å². The number of hydrogen-bond donors (Lipinski definition) is 1. The minimum absolute atomic E-state index is 0.776. The first-order chi connectivity index (χ1) is 7.83. The smallest absolute Gasteiger partial charge is 0.0637 e. The van der Waals surface area contributed by atoms with Crippen LogP contribution in [0.2, 0.25) is 0 Å². The number of nitrogens with zero attached hydrogens (tertiary/aromatic N) is 1. The minimum atomic E-state index is 0.776. The average Bonchev–Trinajstić information content (AvgIpc) is 2.35. The predicted octanol–water partition coefficient (Wildman–Crippen LogP) is 1.41. The van der Waals surface area contributed by atoms with Crippen molar-refractivity contribution >= 4 is 5.69 Å². The van der Waals surface area contributed by atoms with Crippen molar-refractivity contribution in [3.63, 3.8) is 0 Å². The number of likely N-dealkylation sites (N-methyl/N-ethyl adjacent to an activating group) is 1. The molecule has 1 aliphatic rings. The third kappa shape index (κ3) is 2.36. The maximum atomic E-state index is 5.12. The number of ether oxygens (including phenoxy) is 1. The third-order valence-electron chi connectivity index (χ3n) is 3.16. The number of rotatable bonds is 4. The van der Waals surface area contributed by atoms with Crippen molar-refractivity contribution in [2.45, 2.75) is 13.0 Å². The topological polar surface area (TPSA) is 24.5 Å². The molecule has 0 unspecified atom stereocenters. The Labute approximate surface area is 97.4 Å². The van der Waals surface area contributed by atoms with Crippen molar-refractivity contribution in [1.29, 1.82) is 0 Å². The van der Waals surface area contributed by atoms with Gasteiger partial charge in [-0.25, -0.2) is 0 Å². The van der Waals surface area contributed by atoms with Crippen LogP contribution < -0.4 is 10.2 Å². The molecule has 0 saturated heterocycles. The lowest BCUT2D eigenvalue weighted by atomic mass is 9.98. The summed E-state index contributed by atoms with van der Waals surface area (Å²) >= 11 is 0. The first-order valence-corrected chi connectivity index (χ1v) is 5.84. The van der Waals surface area contributed by atoms with E-state index in [9.17, 15) is 0 Å². The number of nitrogens with one attached hydrogen (secondary N) is 1. The fourth-order valence-corrected chi connectivity index (χ4v) is 2.22. The molecule has 88 valence electrons. The Hall–Kier alpha value is -1.06. The van der Waals surface area contributed by atoms with Gasteiger partial charge in [0, 0.05) is 32.9 Å². The van der Waals surface area contributed by atoms with Crippen LogP contribution >= 0.6 is 0 Å². The molecule has 3 heteroatoms. The van der Waals surface area contributed by atoms with Crippen LogP contribution in [0.4, 0.5) is 5.69 Å². The summed E-state index contributed by atoms with van der Waals surface area (Å²) in [7, 11) is 3.88. The molecule has 0 bridgehead atoms. The Morgan fingerprint density at radius 2 is 2.31 bits per heavy atom. The summed E-state index contributed by atoms with van der Waals surface area (Å²) in [6.07, 6.45) is 1.13. The summed E-state index contributed by atoms with van der Waals surface area (Å²) in [6, 6.07) is 6.57. The minimum Gasteiger partial charge on any atom is -0.383 e. The Bertz CT molecular complexity index is 352. The zero-order valence-electron chi connectivity index (χ0n) is 10.1. The third-order valence-corrected chi connectivity index (χ3v) is 3.16. The molecule has 0 atom stereocenters. The van der Waals surface area contributed by atoms with Crippen LogP contribution in [-0.2, 0) is 17.7 Å². The molecule has 1 aromatic carbocycles. The molecule has 0 radical (unpaired) electrons. The van der Waals surface area contributed by atoms with Crippen molar-refractivity contribution in [1.82, 2.24) is 5.32 Å². The number of fused-ring (bicyclic) bond motifs is 1. The molecule has 0 aliphatic carbocycles. The normalized spacial score (nSPS) is 14.6. The van der Waals surface area contributed by atoms with E-state index in [0.29, 0.717) is 0 Å². The van der Waals surface area contributed by atoms with Crippen molar-refractivity contribution in [2.75, 3.05) is 38.8 Å². The van der Waals surface area contributed by atoms with Gasteiger partial charge in [0.1, 0.15) is 0 Å². The highest BCUT2D eigenvalue weighted by molar-refractivity contribution is 5.57. The molecule has 1 N–H and O–H groups in total. The summed E-state index contributed by atoms with van der Waals surface area (Å²) in [5.74, 6) is 0. The number of benzene rings is 1. The highest BCUT2D eigenvalue weighted by Gasteiger charge is 2.14. The molecule has 0 spiro atoms. The van der Waals surface area contributed by atoms with Crippen LogP contribution in [0.5, 0.6) is 0 Å². The van der Waals surface area contributed by atoms with Gasteiger partial charge in [0.2, 0.25) is 0 Å². The van der Waals surface area contributed by atoms with Gasteiger partial charge in [0.05, 0.1) is 6.61 Å². The Morgan fingerprint density at radius 1 is 1.44 bits per heavy atom. The largest absolute Gasteiger partial charge is 0.383 e. The van der Waals surface area contributed by atoms with Gasteiger partial charge in [0.15, 0.2) is 0 Å². The van der Waals surface area contributed by atoms with E-state index < -0.39 is 0 Å². The number of anilines is 1. The van der Waals surface area contributed by atoms with Gasteiger partial charge in [-0.05, 0) is 30.2 Å². The van der Waals surface area contributed by atoms with Gasteiger partial charge in [-0.15, -0.1) is 0 Å². The van der Waals surface area contributed by atoms with Crippen molar-refractivity contribution < 1.29 is 4.74 Å². The highest BCUT2D eigenvalue weighted by Crippen LogP contribution is 2.25. The van der Waals surface area contributed by atoms with E-state index in [4.69, 9.17) is 4.74 Å². The molecule has 1 aliphatic heterocycles. The Morgan fingerprint density at radius 3 is 3.12 bits per heavy atom. The summed E-state index contributed by atoms with van der Waals surface area (Å²) in [6.45, 7) is 3.81. The summed E-state index contributed by atoms with van der Waals surface area (Å²) in [5, 5.41) is 3.41. The molecule has 3 nitrogen and oxygen atoms in total. The fourth-order valence-electron chi connectivity index (χ4n) is 2.22. The molecule has 16 heavy (non-hydrogen) atoms. The van der Waals surface area contributed by atoms with E-state index in [1.807, 2.05) is 0 Å². The predicted molar refractivity (Wildman–Crippen MR) is 67.0 cm³/mol. The molecule has 0 saturated carbocycles. The maximum Gasteiger partial charge on any atom is 0.0637 e. The Balaban J connectivity index is 2.19. The van der Waals surface area contributed by atoms with Crippen LogP contribution in [-0.4, -0.2) is 33.9 Å². The molecular formula is C13H20N2O. The molecule has 0 amide bonds. The number of methoxy groups -OCH3 is 1. The van der Waals surface area contributed by atoms with E-state index in [-0.39, 0.29) is 0 Å². The van der Waals surface area contributed by atoms with Crippen LogP contribution in [0.3, 0.4) is 0 Å². The lowest BCUT2D eigenvalue weighted by molar-refractivity contribution is 0.206. The zero-order chi connectivity index (χ0) is 11.4. The summed E-state index contributed by atoms with van der Waals surface area (Å²) in [4.78, 5) is 2.29. The molecule has 2 rings (SSSR count). The van der Waals surface area contributed by atoms with Gasteiger partial charge >= 0.3 is 0 Å². The fraction of sp³-hybridized carbons (Fsp3) is 0.538. The second-order valence-corrected chi connectivity index (χ2v) is 4.26. The van der Waals surface area contributed by atoms with Crippen LogP contribution in [0, 0.1) is 0 Å². The quantitative estimate of drug-likeness (QED) is 0.830. The standard InChI is InChI=1S/C13H20N2O/c1-15(8-9-16-2)13-5-3-4-11-10-14-7-6-12(11)13/h3-5,14H,6-10H2,1-2H3. The first kappa shape index (κ1) is 11.4. The summed E-state index contributed by atoms with van der Waals surface area (Å²) < 4.78 is 5.12. The van der Waals surface area contributed by atoms with Gasteiger partial charge in [0.25, 0.3) is 0 Å². The van der Waals surface area contributed by atoms with Crippen LogP contribution in [0.1, 0.15) is 11.1 Å². The summed E-state index contributed by atoms with van der Waals surface area (Å²) in [5.41, 5.74) is 4.30. The Kier molecular flexibility index (Phi) is 3.80. The van der Waals surface area contributed by atoms with Crippen LogP contribution in [0.25, 0.3) is 0 Å². The maximum absolute atomic E-state index is 5.12. The first-order valence-electron chi connectivity index (χ1n) is 5.84. The lowest BCUT2D eigenvalue weighted by Gasteiger charge is -2.26. The number of hydrogen-bond acceptors (Lipinski definition) is 3. The average molecular weight is 220 g/mol. The van der Waals surface area contributed by atoms with Crippen molar-refractivity contribution in [2.24, 2.45) is 0 Å². The van der Waals surface area contributed by atoms with E-state index in [1.165, 1.54) is 16.8 Å². The van der Waals surface area contributed by atoms with Gasteiger partial charge in [-0.1, -0.05) is 12.1 Å². The van der Waals surface area contributed by atoms with Crippen LogP contribution in [0.15, 0.2) is 18.2 Å². The molecular weight excluding hydrogens is 200 g/mol. The molecule has 0 aromatic heterocycles. The molecule has 0 fully saturated rings. The second kappa shape index (κ2) is 5.32. The van der Waals surface area contributed by atoms with Gasteiger partial charge < -0.3 is 15.0 Å². The van der Waals surface area contributed by atoms with E-state index >= 15 is 0 Å². The molecule has 1 heterocycles. The van der Waals surface area contributed by atoms with Gasteiger partial charge in [-0.2, -0.15) is 0 Å².